The molecule has 0 spiro atoms. The third kappa shape index (κ3) is 5.00. The van der Waals surface area contributed by atoms with Crippen LogP contribution in [-0.4, -0.2) is 71.4 Å². The standard InChI is InChI=1S/C29H36N2O4/c1-4-16-31-17-15-28(23-8-6-10-26(19-23)35-3)20-24(13-14-29(28,34)21-31)30(2)27(33)12-11-22-7-5-9-25(32)18-22/h4-12,18-19,24,32,34H,1,13-17,20-21H2,2-3H3/t24-,28+,29+/m1/s1. The molecule has 2 aromatic rings. The van der Waals surface area contributed by atoms with E-state index in [0.29, 0.717) is 19.4 Å². The summed E-state index contributed by atoms with van der Waals surface area (Å²) in [6.07, 6.45) is 7.98. The highest BCUT2D eigenvalue weighted by molar-refractivity contribution is 5.91. The number of carbonyl (C=O) groups is 1. The Balaban J connectivity index is 1.61. The summed E-state index contributed by atoms with van der Waals surface area (Å²) in [5, 5.41) is 21.8. The lowest BCUT2D eigenvalue weighted by molar-refractivity contribution is -0.143. The van der Waals surface area contributed by atoms with Gasteiger partial charge in [0.25, 0.3) is 0 Å². The van der Waals surface area contributed by atoms with Gasteiger partial charge in [-0.1, -0.05) is 30.3 Å². The molecule has 35 heavy (non-hydrogen) atoms. The zero-order chi connectivity index (χ0) is 25.1. The predicted octanol–water partition coefficient (Wildman–Crippen LogP) is 3.99. The Morgan fingerprint density at radius 3 is 2.80 bits per heavy atom. The Morgan fingerprint density at radius 1 is 1.26 bits per heavy atom. The van der Waals surface area contributed by atoms with Crippen LogP contribution in [0.1, 0.15) is 36.8 Å². The molecule has 0 aromatic heterocycles. The van der Waals surface area contributed by atoms with E-state index in [1.54, 1.807) is 42.4 Å². The summed E-state index contributed by atoms with van der Waals surface area (Å²) in [6, 6.07) is 14.9. The van der Waals surface area contributed by atoms with Crippen LogP contribution in [-0.2, 0) is 10.2 Å². The number of hydrogen-bond acceptors (Lipinski definition) is 5. The maximum Gasteiger partial charge on any atom is 0.246 e. The smallest absolute Gasteiger partial charge is 0.246 e. The normalized spacial score (nSPS) is 26.8. The minimum absolute atomic E-state index is 0.00578. The van der Waals surface area contributed by atoms with Gasteiger partial charge in [0.2, 0.25) is 5.91 Å². The number of likely N-dealkylation sites (N-methyl/N-ethyl adjacent to an activating group) is 1. The monoisotopic (exact) mass is 476 g/mol. The Hall–Kier alpha value is -3.09. The van der Waals surface area contributed by atoms with Crippen LogP contribution in [0.3, 0.4) is 0 Å². The molecule has 0 unspecified atom stereocenters. The van der Waals surface area contributed by atoms with Crippen LogP contribution in [0, 0.1) is 0 Å². The molecule has 1 amide bonds. The van der Waals surface area contributed by atoms with Crippen LogP contribution >= 0.6 is 0 Å². The zero-order valence-electron chi connectivity index (χ0n) is 20.7. The molecule has 2 aromatic carbocycles. The second-order valence-electron chi connectivity index (χ2n) is 9.89. The van der Waals surface area contributed by atoms with E-state index in [9.17, 15) is 15.0 Å². The summed E-state index contributed by atoms with van der Waals surface area (Å²) in [5.74, 6) is 0.851. The summed E-state index contributed by atoms with van der Waals surface area (Å²) >= 11 is 0. The summed E-state index contributed by atoms with van der Waals surface area (Å²) in [4.78, 5) is 17.2. The van der Waals surface area contributed by atoms with Crippen molar-refractivity contribution in [1.29, 1.82) is 0 Å². The van der Waals surface area contributed by atoms with Crippen LogP contribution in [0.25, 0.3) is 6.08 Å². The van der Waals surface area contributed by atoms with Crippen molar-refractivity contribution in [3.05, 3.63) is 78.4 Å². The number of rotatable bonds is 7. The highest BCUT2D eigenvalue weighted by Gasteiger charge is 2.58. The fourth-order valence-corrected chi connectivity index (χ4v) is 5.92. The van der Waals surface area contributed by atoms with E-state index < -0.39 is 11.0 Å². The van der Waals surface area contributed by atoms with Crippen LogP contribution in [0.4, 0.5) is 0 Å². The molecule has 4 rings (SSSR count). The van der Waals surface area contributed by atoms with E-state index in [1.165, 1.54) is 0 Å². The van der Waals surface area contributed by atoms with Gasteiger partial charge in [-0.3, -0.25) is 9.69 Å². The minimum Gasteiger partial charge on any atom is -0.508 e. The molecule has 2 aliphatic rings. The number of likely N-dealkylation sites (tertiary alicyclic amines) is 1. The number of methoxy groups -OCH3 is 1. The summed E-state index contributed by atoms with van der Waals surface area (Å²) in [5.41, 5.74) is 0.454. The lowest BCUT2D eigenvalue weighted by Crippen LogP contribution is -2.67. The molecule has 3 atom stereocenters. The van der Waals surface area contributed by atoms with Gasteiger partial charge in [-0.2, -0.15) is 0 Å². The van der Waals surface area contributed by atoms with Gasteiger partial charge < -0.3 is 19.8 Å². The van der Waals surface area contributed by atoms with E-state index >= 15 is 0 Å². The molecule has 2 N–H and O–H groups in total. The number of ether oxygens (including phenoxy) is 1. The number of phenols is 1. The lowest BCUT2D eigenvalue weighted by atomic mass is 9.55. The molecular weight excluding hydrogens is 440 g/mol. The number of piperidine rings is 1. The van der Waals surface area contributed by atoms with E-state index in [-0.39, 0.29) is 17.7 Å². The number of β-amino-alcohol motifs (C(OH)–C–C–N with tert-alkyl or cyclic N) is 1. The Bertz CT molecular complexity index is 1100. The van der Waals surface area contributed by atoms with Gasteiger partial charge in [-0.15, -0.1) is 6.58 Å². The van der Waals surface area contributed by atoms with Crippen molar-refractivity contribution in [3.63, 3.8) is 0 Å². The molecule has 1 saturated heterocycles. The van der Waals surface area contributed by atoms with Gasteiger partial charge in [0.05, 0.1) is 12.7 Å². The third-order valence-electron chi connectivity index (χ3n) is 7.90. The first kappa shape index (κ1) is 25.0. The number of hydrogen-bond donors (Lipinski definition) is 2. The second kappa shape index (κ2) is 10.3. The molecule has 0 bridgehead atoms. The third-order valence-corrected chi connectivity index (χ3v) is 7.90. The van der Waals surface area contributed by atoms with Gasteiger partial charge in [-0.25, -0.2) is 0 Å². The van der Waals surface area contributed by atoms with Gasteiger partial charge in [0.15, 0.2) is 0 Å². The molecule has 1 heterocycles. The lowest BCUT2D eigenvalue weighted by Gasteiger charge is -2.59. The minimum atomic E-state index is -0.904. The number of nitrogens with zero attached hydrogens (tertiary/aromatic N) is 2. The topological polar surface area (TPSA) is 73.2 Å². The van der Waals surface area contributed by atoms with Gasteiger partial charge in [0.1, 0.15) is 11.5 Å². The quantitative estimate of drug-likeness (QED) is 0.467. The highest BCUT2D eigenvalue weighted by Crippen LogP contribution is 2.52. The van der Waals surface area contributed by atoms with Crippen molar-refractivity contribution in [3.8, 4) is 11.5 Å². The van der Waals surface area contributed by atoms with Crippen molar-refractivity contribution in [1.82, 2.24) is 9.80 Å². The SMILES string of the molecule is C=CCN1CC[C@@]2(c3cccc(OC)c3)C[C@H](N(C)C(=O)C=Cc3cccc(O)c3)CC[C@]2(O)C1. The van der Waals surface area contributed by atoms with Gasteiger partial charge in [-0.05, 0) is 73.7 Å². The maximum atomic E-state index is 13.1. The number of carbonyl (C=O) groups excluding carboxylic acids is 1. The van der Waals surface area contributed by atoms with E-state index in [1.807, 2.05) is 37.4 Å². The van der Waals surface area contributed by atoms with Crippen molar-refractivity contribution in [2.24, 2.45) is 0 Å². The summed E-state index contributed by atoms with van der Waals surface area (Å²) < 4.78 is 5.51. The average molecular weight is 477 g/mol. The Labute approximate surface area is 208 Å². The van der Waals surface area contributed by atoms with Crippen molar-refractivity contribution in [2.45, 2.75) is 42.7 Å². The molecular formula is C29H36N2O4. The van der Waals surface area contributed by atoms with Crippen molar-refractivity contribution >= 4 is 12.0 Å². The van der Waals surface area contributed by atoms with Crippen molar-refractivity contribution in [2.75, 3.05) is 33.8 Å². The first-order valence-corrected chi connectivity index (χ1v) is 12.2. The molecule has 6 nitrogen and oxygen atoms in total. The van der Waals surface area contributed by atoms with Crippen LogP contribution in [0.5, 0.6) is 11.5 Å². The van der Waals surface area contributed by atoms with E-state index in [4.69, 9.17) is 4.74 Å². The average Bonchev–Trinajstić information content (AvgIpc) is 2.86. The predicted molar refractivity (Wildman–Crippen MR) is 138 cm³/mol. The maximum absolute atomic E-state index is 13.1. The molecule has 186 valence electrons. The van der Waals surface area contributed by atoms with E-state index in [0.717, 1.165) is 42.8 Å². The largest absolute Gasteiger partial charge is 0.508 e. The first-order valence-electron chi connectivity index (χ1n) is 12.2. The summed E-state index contributed by atoms with van der Waals surface area (Å²) in [6.45, 7) is 6.06. The van der Waals surface area contributed by atoms with Gasteiger partial charge >= 0.3 is 0 Å². The highest BCUT2D eigenvalue weighted by atomic mass is 16.5. The second-order valence-corrected chi connectivity index (χ2v) is 9.89. The number of benzene rings is 2. The van der Waals surface area contributed by atoms with Crippen LogP contribution in [0.2, 0.25) is 0 Å². The molecule has 0 radical (unpaired) electrons. The zero-order valence-corrected chi connectivity index (χ0v) is 20.7. The number of phenolic OH excluding ortho intramolecular Hbond substituents is 1. The number of aromatic hydroxyl groups is 1. The van der Waals surface area contributed by atoms with Crippen LogP contribution < -0.4 is 4.74 Å². The molecule has 2 fully saturated rings. The molecule has 1 aliphatic heterocycles. The van der Waals surface area contributed by atoms with Crippen LogP contribution in [0.15, 0.2) is 67.3 Å². The first-order chi connectivity index (χ1) is 16.8. The molecule has 6 heteroatoms. The Kier molecular flexibility index (Phi) is 7.33. The number of fused-ring (bicyclic) bond motifs is 1. The Morgan fingerprint density at radius 2 is 2.06 bits per heavy atom. The molecule has 1 aliphatic carbocycles. The summed E-state index contributed by atoms with van der Waals surface area (Å²) in [7, 11) is 3.50. The number of aliphatic hydroxyl groups is 1. The number of amides is 1. The van der Waals surface area contributed by atoms with Crippen molar-refractivity contribution < 1.29 is 19.7 Å². The molecule has 1 saturated carbocycles. The fourth-order valence-electron chi connectivity index (χ4n) is 5.92. The van der Waals surface area contributed by atoms with Gasteiger partial charge in [0, 0.05) is 37.7 Å². The van der Waals surface area contributed by atoms with E-state index in [2.05, 4.69) is 17.5 Å². The fraction of sp³-hybridized carbons (Fsp3) is 0.414.